The van der Waals surface area contributed by atoms with Crippen LogP contribution in [0.4, 0.5) is 0 Å². The smallest absolute Gasteiger partial charge is 0.121 e. The Kier molecular flexibility index (Phi) is 3.18. The number of halogens is 1. The molecular weight excluding hydrogens is 284 g/mol. The molecule has 2 aromatic rings. The number of aromatic nitrogens is 1. The Morgan fingerprint density at radius 1 is 1.12 bits per heavy atom. The highest BCUT2D eigenvalue weighted by atomic mass is 79.9. The van der Waals surface area contributed by atoms with E-state index in [1.54, 1.807) is 6.07 Å². The van der Waals surface area contributed by atoms with Crippen molar-refractivity contribution in [3.8, 4) is 17.3 Å². The normalized spacial score (nSPS) is 9.75. The maximum atomic E-state index is 8.77. The van der Waals surface area contributed by atoms with Gasteiger partial charge in [0.15, 0.2) is 0 Å². The van der Waals surface area contributed by atoms with Gasteiger partial charge in [0.2, 0.25) is 0 Å². The number of nitrogens with one attached hydrogen (secondary N) is 1. The highest BCUT2D eigenvalue weighted by Gasteiger charge is 2.00. The number of benzene rings is 1. The first kappa shape index (κ1) is 11.1. The molecular formula is C12H7BrN2S. The maximum absolute atomic E-state index is 8.77. The van der Waals surface area contributed by atoms with E-state index in [0.29, 0.717) is 10.2 Å². The number of hydrogen-bond acceptors (Lipinski definition) is 2. The summed E-state index contributed by atoms with van der Waals surface area (Å²) >= 11 is 8.46. The van der Waals surface area contributed by atoms with E-state index < -0.39 is 0 Å². The predicted octanol–water partition coefficient (Wildman–Crippen LogP) is 4.05. The zero-order chi connectivity index (χ0) is 11.5. The van der Waals surface area contributed by atoms with Crippen molar-refractivity contribution < 1.29 is 0 Å². The number of nitrogens with zero attached hydrogens (tertiary/aromatic N) is 1. The summed E-state index contributed by atoms with van der Waals surface area (Å²) in [7, 11) is 0. The standard InChI is InChI=1S/C12H7BrN2S/c13-10-4-1-8(2-5-10)11-6-3-9(7-14)12(16)15-11/h1-6H,(H,15,16). The molecule has 0 saturated carbocycles. The van der Waals surface area contributed by atoms with Crippen molar-refractivity contribution in [1.29, 1.82) is 5.26 Å². The van der Waals surface area contributed by atoms with Gasteiger partial charge < -0.3 is 4.98 Å². The summed E-state index contributed by atoms with van der Waals surface area (Å²) in [5.74, 6) is 0. The number of aromatic amines is 1. The topological polar surface area (TPSA) is 39.6 Å². The molecule has 0 atom stereocenters. The van der Waals surface area contributed by atoms with Gasteiger partial charge in [-0.15, -0.1) is 0 Å². The van der Waals surface area contributed by atoms with Crippen LogP contribution in [0.1, 0.15) is 5.56 Å². The van der Waals surface area contributed by atoms with E-state index in [2.05, 4.69) is 20.9 Å². The van der Waals surface area contributed by atoms with E-state index in [0.717, 1.165) is 15.7 Å². The lowest BCUT2D eigenvalue weighted by Crippen LogP contribution is -1.86. The van der Waals surface area contributed by atoms with Gasteiger partial charge in [0.1, 0.15) is 10.7 Å². The second-order valence-electron chi connectivity index (χ2n) is 3.23. The lowest BCUT2D eigenvalue weighted by atomic mass is 10.1. The van der Waals surface area contributed by atoms with Gasteiger partial charge in [-0.05, 0) is 29.8 Å². The third-order valence-corrected chi connectivity index (χ3v) is 3.04. The van der Waals surface area contributed by atoms with E-state index >= 15 is 0 Å². The first-order chi connectivity index (χ1) is 7.70. The Labute approximate surface area is 107 Å². The highest BCUT2D eigenvalue weighted by Crippen LogP contribution is 2.20. The third kappa shape index (κ3) is 2.21. The average molecular weight is 291 g/mol. The van der Waals surface area contributed by atoms with E-state index in [4.69, 9.17) is 17.5 Å². The second kappa shape index (κ2) is 4.60. The number of hydrogen-bond donors (Lipinski definition) is 1. The van der Waals surface area contributed by atoms with Crippen LogP contribution in [0.15, 0.2) is 40.9 Å². The van der Waals surface area contributed by atoms with Gasteiger partial charge in [0, 0.05) is 10.2 Å². The van der Waals surface area contributed by atoms with Gasteiger partial charge in [-0.1, -0.05) is 40.3 Å². The molecule has 0 radical (unpaired) electrons. The first-order valence-corrected chi connectivity index (χ1v) is 5.80. The number of H-pyrrole nitrogens is 1. The van der Waals surface area contributed by atoms with Crippen molar-refractivity contribution in [2.45, 2.75) is 0 Å². The Hall–Kier alpha value is -1.44. The van der Waals surface area contributed by atoms with Crippen molar-refractivity contribution >= 4 is 28.1 Å². The fourth-order valence-corrected chi connectivity index (χ4v) is 1.85. The quantitative estimate of drug-likeness (QED) is 0.805. The second-order valence-corrected chi connectivity index (χ2v) is 4.56. The minimum atomic E-state index is 0.475. The van der Waals surface area contributed by atoms with Gasteiger partial charge in [-0.25, -0.2) is 0 Å². The molecule has 2 nitrogen and oxygen atoms in total. The van der Waals surface area contributed by atoms with Crippen LogP contribution in [0.25, 0.3) is 11.3 Å². The summed E-state index contributed by atoms with van der Waals surface area (Å²) in [5, 5.41) is 8.77. The van der Waals surface area contributed by atoms with Crippen LogP contribution in [0.5, 0.6) is 0 Å². The largest absolute Gasteiger partial charge is 0.345 e. The van der Waals surface area contributed by atoms with Crippen LogP contribution in [-0.4, -0.2) is 4.98 Å². The summed E-state index contributed by atoms with van der Waals surface area (Å²) in [6.07, 6.45) is 0. The van der Waals surface area contributed by atoms with Gasteiger partial charge in [0.05, 0.1) is 5.56 Å². The predicted molar refractivity (Wildman–Crippen MR) is 69.5 cm³/mol. The monoisotopic (exact) mass is 290 g/mol. The molecule has 2 rings (SSSR count). The molecule has 78 valence electrons. The zero-order valence-corrected chi connectivity index (χ0v) is 10.6. The van der Waals surface area contributed by atoms with Crippen LogP contribution in [0.3, 0.4) is 0 Å². The summed E-state index contributed by atoms with van der Waals surface area (Å²) in [6.45, 7) is 0. The lowest BCUT2D eigenvalue weighted by Gasteiger charge is -2.02. The maximum Gasteiger partial charge on any atom is 0.121 e. The van der Waals surface area contributed by atoms with Crippen LogP contribution in [0, 0.1) is 16.0 Å². The van der Waals surface area contributed by atoms with Crippen LogP contribution >= 0.6 is 28.1 Å². The van der Waals surface area contributed by atoms with Crippen molar-refractivity contribution in [3.63, 3.8) is 0 Å². The van der Waals surface area contributed by atoms with E-state index in [-0.39, 0.29) is 0 Å². The van der Waals surface area contributed by atoms with Crippen LogP contribution < -0.4 is 0 Å². The Morgan fingerprint density at radius 3 is 2.38 bits per heavy atom. The Morgan fingerprint density at radius 2 is 1.81 bits per heavy atom. The molecule has 0 amide bonds. The van der Waals surface area contributed by atoms with Gasteiger partial charge in [0.25, 0.3) is 0 Å². The summed E-state index contributed by atoms with van der Waals surface area (Å²) in [4.78, 5) is 3.04. The molecule has 4 heteroatoms. The molecule has 0 unspecified atom stereocenters. The van der Waals surface area contributed by atoms with Crippen molar-refractivity contribution in [2.24, 2.45) is 0 Å². The molecule has 0 fully saturated rings. The molecule has 1 heterocycles. The fraction of sp³-hybridized carbons (Fsp3) is 0. The van der Waals surface area contributed by atoms with E-state index in [1.807, 2.05) is 36.4 Å². The average Bonchev–Trinajstić information content (AvgIpc) is 2.30. The first-order valence-electron chi connectivity index (χ1n) is 4.60. The Bertz CT molecular complexity index is 608. The van der Waals surface area contributed by atoms with Crippen molar-refractivity contribution in [2.75, 3.05) is 0 Å². The molecule has 0 bridgehead atoms. The third-order valence-electron chi connectivity index (χ3n) is 2.19. The van der Waals surface area contributed by atoms with Gasteiger partial charge in [-0.3, -0.25) is 0 Å². The van der Waals surface area contributed by atoms with Crippen molar-refractivity contribution in [3.05, 3.63) is 51.1 Å². The minimum absolute atomic E-state index is 0.475. The minimum Gasteiger partial charge on any atom is -0.345 e. The zero-order valence-electron chi connectivity index (χ0n) is 8.20. The van der Waals surface area contributed by atoms with Crippen LogP contribution in [0.2, 0.25) is 0 Å². The molecule has 0 spiro atoms. The number of pyridine rings is 1. The Balaban J connectivity index is 2.50. The highest BCUT2D eigenvalue weighted by molar-refractivity contribution is 9.10. The fourth-order valence-electron chi connectivity index (χ4n) is 1.36. The molecule has 1 N–H and O–H groups in total. The van der Waals surface area contributed by atoms with E-state index in [9.17, 15) is 0 Å². The SMILES string of the molecule is N#Cc1ccc(-c2ccc(Br)cc2)[nH]c1=S. The summed E-state index contributed by atoms with van der Waals surface area (Å²) < 4.78 is 1.51. The molecule has 0 saturated heterocycles. The van der Waals surface area contributed by atoms with Gasteiger partial charge in [-0.2, -0.15) is 5.26 Å². The number of rotatable bonds is 1. The number of nitriles is 1. The summed E-state index contributed by atoms with van der Waals surface area (Å²) in [6, 6.07) is 13.5. The summed E-state index contributed by atoms with van der Waals surface area (Å²) in [5.41, 5.74) is 2.45. The molecule has 16 heavy (non-hydrogen) atoms. The van der Waals surface area contributed by atoms with Gasteiger partial charge >= 0.3 is 0 Å². The lowest BCUT2D eigenvalue weighted by molar-refractivity contribution is 1.27. The van der Waals surface area contributed by atoms with Crippen LogP contribution in [-0.2, 0) is 0 Å². The molecule has 0 aliphatic heterocycles. The molecule has 1 aromatic carbocycles. The molecule has 1 aromatic heterocycles. The van der Waals surface area contributed by atoms with Crippen molar-refractivity contribution in [1.82, 2.24) is 4.98 Å². The molecule has 0 aliphatic carbocycles. The molecule has 0 aliphatic rings. The van der Waals surface area contributed by atoms with E-state index in [1.165, 1.54) is 0 Å².